The maximum absolute atomic E-state index is 9.25. The number of ether oxygens (including phenoxy) is 1. The number of nitrogens with zero attached hydrogens (tertiary/aromatic N) is 1. The van der Waals surface area contributed by atoms with E-state index in [4.69, 9.17) is 4.74 Å². The molecule has 0 amide bonds. The molecule has 0 radical (unpaired) electrons. The van der Waals surface area contributed by atoms with Crippen molar-refractivity contribution in [2.24, 2.45) is 5.41 Å². The van der Waals surface area contributed by atoms with Crippen LogP contribution in [0.15, 0.2) is 0 Å². The van der Waals surface area contributed by atoms with E-state index >= 15 is 0 Å². The molecule has 0 spiro atoms. The Morgan fingerprint density at radius 1 is 1.05 bits per heavy atom. The standard InChI is InChI=1S/C15H29NO2.C2H6/c1-15(2,3)6-9-16-7-4-13(5-8-16)18-14-10-12(17)11-14;1-2/h12-14,17H,4-11H2,1-3H3;1-2H3. The molecule has 0 unspecified atom stereocenters. The molecule has 0 atom stereocenters. The van der Waals surface area contributed by atoms with Crippen LogP contribution in [0.25, 0.3) is 0 Å². The van der Waals surface area contributed by atoms with Crippen molar-refractivity contribution in [2.75, 3.05) is 19.6 Å². The van der Waals surface area contributed by atoms with E-state index < -0.39 is 0 Å². The Kier molecular flexibility index (Phi) is 7.49. The van der Waals surface area contributed by atoms with Crippen LogP contribution < -0.4 is 0 Å². The highest BCUT2D eigenvalue weighted by Crippen LogP contribution is 2.27. The van der Waals surface area contributed by atoms with Crippen LogP contribution in [0.1, 0.15) is 66.7 Å². The Labute approximate surface area is 125 Å². The predicted molar refractivity (Wildman–Crippen MR) is 85.0 cm³/mol. The van der Waals surface area contributed by atoms with E-state index in [0.29, 0.717) is 17.6 Å². The van der Waals surface area contributed by atoms with Crippen molar-refractivity contribution >= 4 is 0 Å². The van der Waals surface area contributed by atoms with Crippen molar-refractivity contribution in [2.45, 2.75) is 85.0 Å². The van der Waals surface area contributed by atoms with Crippen LogP contribution in [-0.2, 0) is 4.74 Å². The van der Waals surface area contributed by atoms with Crippen molar-refractivity contribution < 1.29 is 9.84 Å². The summed E-state index contributed by atoms with van der Waals surface area (Å²) >= 11 is 0. The first-order chi connectivity index (χ1) is 9.42. The Balaban J connectivity index is 0.000000956. The van der Waals surface area contributed by atoms with Gasteiger partial charge in [0.15, 0.2) is 0 Å². The van der Waals surface area contributed by atoms with Crippen molar-refractivity contribution in [1.29, 1.82) is 0 Å². The lowest BCUT2D eigenvalue weighted by atomic mass is 9.91. The Morgan fingerprint density at radius 2 is 1.60 bits per heavy atom. The van der Waals surface area contributed by atoms with Gasteiger partial charge in [-0.1, -0.05) is 34.6 Å². The molecule has 1 aliphatic heterocycles. The number of rotatable bonds is 4. The molecule has 1 heterocycles. The summed E-state index contributed by atoms with van der Waals surface area (Å²) in [6.07, 6.45) is 5.98. The van der Waals surface area contributed by atoms with Gasteiger partial charge in [-0.15, -0.1) is 0 Å². The summed E-state index contributed by atoms with van der Waals surface area (Å²) < 4.78 is 6.00. The van der Waals surface area contributed by atoms with Gasteiger partial charge in [0.05, 0.1) is 18.3 Å². The Bertz CT molecular complexity index is 248. The van der Waals surface area contributed by atoms with Crippen LogP contribution in [0.3, 0.4) is 0 Å². The molecule has 2 rings (SSSR count). The van der Waals surface area contributed by atoms with Gasteiger partial charge in [0.25, 0.3) is 0 Å². The summed E-state index contributed by atoms with van der Waals surface area (Å²) in [5.41, 5.74) is 0.440. The molecule has 1 aliphatic carbocycles. The average molecular weight is 285 g/mol. The highest BCUT2D eigenvalue weighted by Gasteiger charge is 2.31. The number of hydrogen-bond donors (Lipinski definition) is 1. The first kappa shape index (κ1) is 17.9. The van der Waals surface area contributed by atoms with Gasteiger partial charge >= 0.3 is 0 Å². The molecular weight excluding hydrogens is 250 g/mol. The quantitative estimate of drug-likeness (QED) is 0.858. The second kappa shape index (κ2) is 8.35. The highest BCUT2D eigenvalue weighted by atomic mass is 16.5. The molecule has 1 N–H and O–H groups in total. The molecule has 2 fully saturated rings. The third-order valence-electron chi connectivity index (χ3n) is 4.17. The summed E-state index contributed by atoms with van der Waals surface area (Å²) in [6.45, 7) is 14.5. The van der Waals surface area contributed by atoms with Gasteiger partial charge in [0.1, 0.15) is 0 Å². The lowest BCUT2D eigenvalue weighted by Crippen LogP contribution is -2.43. The van der Waals surface area contributed by atoms with Crippen molar-refractivity contribution in [3.8, 4) is 0 Å². The molecule has 0 aromatic rings. The van der Waals surface area contributed by atoms with Crippen molar-refractivity contribution in [3.05, 3.63) is 0 Å². The Hall–Kier alpha value is -0.120. The normalized spacial score (nSPS) is 28.5. The zero-order valence-corrected chi connectivity index (χ0v) is 14.2. The van der Waals surface area contributed by atoms with E-state index in [1.54, 1.807) is 0 Å². The molecule has 0 bridgehead atoms. The van der Waals surface area contributed by atoms with E-state index in [1.165, 1.54) is 26.1 Å². The first-order valence-corrected chi connectivity index (χ1v) is 8.48. The van der Waals surface area contributed by atoms with Gasteiger partial charge < -0.3 is 14.7 Å². The molecule has 0 aromatic carbocycles. The second-order valence-corrected chi connectivity index (χ2v) is 7.23. The van der Waals surface area contributed by atoms with Crippen LogP contribution in [0, 0.1) is 5.41 Å². The number of aliphatic hydroxyl groups is 1. The van der Waals surface area contributed by atoms with E-state index in [9.17, 15) is 5.11 Å². The molecule has 1 saturated carbocycles. The zero-order chi connectivity index (χ0) is 15.2. The van der Waals surface area contributed by atoms with Crippen LogP contribution in [-0.4, -0.2) is 48.0 Å². The Morgan fingerprint density at radius 3 is 2.05 bits per heavy atom. The van der Waals surface area contributed by atoms with E-state index in [1.807, 2.05) is 13.8 Å². The molecule has 3 nitrogen and oxygen atoms in total. The van der Waals surface area contributed by atoms with E-state index in [2.05, 4.69) is 25.7 Å². The van der Waals surface area contributed by atoms with Crippen molar-refractivity contribution in [1.82, 2.24) is 4.90 Å². The van der Waals surface area contributed by atoms with Crippen LogP contribution >= 0.6 is 0 Å². The summed E-state index contributed by atoms with van der Waals surface area (Å²) in [7, 11) is 0. The van der Waals surface area contributed by atoms with Gasteiger partial charge in [-0.3, -0.25) is 0 Å². The lowest BCUT2D eigenvalue weighted by molar-refractivity contribution is -0.116. The maximum Gasteiger partial charge on any atom is 0.0628 e. The summed E-state index contributed by atoms with van der Waals surface area (Å²) in [5, 5.41) is 9.25. The SMILES string of the molecule is CC.CC(C)(C)CCN1CCC(OC2CC(O)C2)CC1. The monoisotopic (exact) mass is 285 g/mol. The van der Waals surface area contributed by atoms with Gasteiger partial charge in [-0.2, -0.15) is 0 Å². The van der Waals surface area contributed by atoms with Gasteiger partial charge in [-0.25, -0.2) is 0 Å². The lowest BCUT2D eigenvalue weighted by Gasteiger charge is -2.38. The highest BCUT2D eigenvalue weighted by molar-refractivity contribution is 4.82. The van der Waals surface area contributed by atoms with Crippen LogP contribution in [0.2, 0.25) is 0 Å². The number of piperidine rings is 1. The van der Waals surface area contributed by atoms with Gasteiger partial charge in [0, 0.05) is 13.1 Å². The molecule has 0 aromatic heterocycles. The fourth-order valence-corrected chi connectivity index (χ4v) is 2.68. The molecule has 3 heteroatoms. The first-order valence-electron chi connectivity index (χ1n) is 8.48. The third kappa shape index (κ3) is 6.55. The minimum Gasteiger partial charge on any atom is -0.393 e. The largest absolute Gasteiger partial charge is 0.393 e. The fourth-order valence-electron chi connectivity index (χ4n) is 2.68. The van der Waals surface area contributed by atoms with Crippen molar-refractivity contribution in [3.63, 3.8) is 0 Å². The second-order valence-electron chi connectivity index (χ2n) is 7.23. The van der Waals surface area contributed by atoms with Gasteiger partial charge in [-0.05, 0) is 44.1 Å². The predicted octanol–water partition coefficient (Wildman–Crippen LogP) is 3.45. The molecule has 120 valence electrons. The summed E-state index contributed by atoms with van der Waals surface area (Å²) in [6, 6.07) is 0. The average Bonchev–Trinajstić information content (AvgIpc) is 2.38. The van der Waals surface area contributed by atoms with Crippen LogP contribution in [0.4, 0.5) is 0 Å². The number of hydrogen-bond acceptors (Lipinski definition) is 3. The minimum atomic E-state index is -0.0955. The van der Waals surface area contributed by atoms with E-state index in [-0.39, 0.29) is 6.10 Å². The molecule has 1 saturated heterocycles. The molecule has 2 aliphatic rings. The van der Waals surface area contributed by atoms with Crippen LogP contribution in [0.5, 0.6) is 0 Å². The van der Waals surface area contributed by atoms with Gasteiger partial charge in [0.2, 0.25) is 0 Å². The molecule has 20 heavy (non-hydrogen) atoms. The maximum atomic E-state index is 9.25. The topological polar surface area (TPSA) is 32.7 Å². The molecular formula is C17H35NO2. The fraction of sp³-hybridized carbons (Fsp3) is 1.00. The summed E-state index contributed by atoms with van der Waals surface area (Å²) in [5.74, 6) is 0. The number of likely N-dealkylation sites (tertiary alicyclic amines) is 1. The smallest absolute Gasteiger partial charge is 0.0628 e. The third-order valence-corrected chi connectivity index (χ3v) is 4.17. The summed E-state index contributed by atoms with van der Waals surface area (Å²) in [4.78, 5) is 2.57. The minimum absolute atomic E-state index is 0.0955. The van der Waals surface area contributed by atoms with E-state index in [0.717, 1.165) is 25.7 Å². The number of aliphatic hydroxyl groups excluding tert-OH is 1. The zero-order valence-electron chi connectivity index (χ0n) is 14.2.